The summed E-state index contributed by atoms with van der Waals surface area (Å²) < 4.78 is 31.9. The quantitative estimate of drug-likeness (QED) is 0.612. The van der Waals surface area contributed by atoms with E-state index in [1.165, 1.54) is 12.1 Å². The summed E-state index contributed by atoms with van der Waals surface area (Å²) in [7, 11) is 0. The Morgan fingerprint density at radius 3 is 2.78 bits per heavy atom. The molecule has 0 spiro atoms. The van der Waals surface area contributed by atoms with Crippen LogP contribution in [0.3, 0.4) is 0 Å². The number of morpholine rings is 1. The molecule has 1 aromatic carbocycles. The highest BCUT2D eigenvalue weighted by atomic mass is 32.1. The van der Waals surface area contributed by atoms with Crippen molar-refractivity contribution in [3.63, 3.8) is 0 Å². The molecule has 1 fully saturated rings. The first-order chi connectivity index (χ1) is 11.1. The van der Waals surface area contributed by atoms with Gasteiger partial charge in [-0.1, -0.05) is 6.07 Å². The molecule has 0 aliphatic carbocycles. The van der Waals surface area contributed by atoms with Crippen LogP contribution in [0.5, 0.6) is 0 Å². The zero-order valence-electron chi connectivity index (χ0n) is 13.3. The number of halogens is 2. The predicted octanol–water partition coefficient (Wildman–Crippen LogP) is 2.21. The molecule has 0 amide bonds. The summed E-state index contributed by atoms with van der Waals surface area (Å²) in [5, 5.41) is 6.61. The van der Waals surface area contributed by atoms with E-state index >= 15 is 0 Å². The van der Waals surface area contributed by atoms with E-state index in [1.54, 1.807) is 6.92 Å². The van der Waals surface area contributed by atoms with E-state index in [0.29, 0.717) is 10.7 Å². The Balaban J connectivity index is 1.67. The summed E-state index contributed by atoms with van der Waals surface area (Å²) in [6.07, 6.45) is 0.973. The van der Waals surface area contributed by atoms with Crippen molar-refractivity contribution in [1.82, 2.24) is 15.5 Å². The van der Waals surface area contributed by atoms with E-state index in [9.17, 15) is 8.78 Å². The van der Waals surface area contributed by atoms with Crippen LogP contribution in [0.1, 0.15) is 24.9 Å². The van der Waals surface area contributed by atoms with Gasteiger partial charge in [-0.2, -0.15) is 0 Å². The lowest BCUT2D eigenvalue weighted by atomic mass is 10.1. The minimum absolute atomic E-state index is 0.324. The predicted molar refractivity (Wildman–Crippen MR) is 90.4 cm³/mol. The standard InChI is InChI=1S/C16H23F2N3OS/c1-12(14-4-3-13(17)11-15(14)18)20-16(23)19-5-2-6-21-7-9-22-10-8-21/h3-4,11-12H,2,5-10H2,1H3,(H2,19,20,23)/t12-/m0/s1. The molecule has 1 aliphatic rings. The summed E-state index contributed by atoms with van der Waals surface area (Å²) in [6.45, 7) is 7.09. The number of benzene rings is 1. The van der Waals surface area contributed by atoms with Crippen LogP contribution in [0.2, 0.25) is 0 Å². The molecule has 0 bridgehead atoms. The average molecular weight is 343 g/mol. The van der Waals surface area contributed by atoms with Crippen LogP contribution >= 0.6 is 12.2 Å². The van der Waals surface area contributed by atoms with E-state index in [2.05, 4.69) is 15.5 Å². The Morgan fingerprint density at radius 1 is 1.35 bits per heavy atom. The average Bonchev–Trinajstić information content (AvgIpc) is 2.52. The van der Waals surface area contributed by atoms with Crippen molar-refractivity contribution in [3.8, 4) is 0 Å². The zero-order valence-corrected chi connectivity index (χ0v) is 14.1. The van der Waals surface area contributed by atoms with E-state index in [1.807, 2.05) is 0 Å². The lowest BCUT2D eigenvalue weighted by Crippen LogP contribution is -2.40. The molecule has 23 heavy (non-hydrogen) atoms. The van der Waals surface area contributed by atoms with E-state index in [-0.39, 0.29) is 6.04 Å². The third-order valence-corrected chi connectivity index (χ3v) is 4.08. The number of hydrogen-bond acceptors (Lipinski definition) is 3. The smallest absolute Gasteiger partial charge is 0.166 e. The van der Waals surface area contributed by atoms with Gasteiger partial charge in [0.05, 0.1) is 19.3 Å². The lowest BCUT2D eigenvalue weighted by Gasteiger charge is -2.26. The van der Waals surface area contributed by atoms with Crippen molar-refractivity contribution in [2.75, 3.05) is 39.4 Å². The van der Waals surface area contributed by atoms with Crippen LogP contribution in [0.25, 0.3) is 0 Å². The molecule has 1 aromatic rings. The zero-order chi connectivity index (χ0) is 16.7. The molecule has 0 aromatic heterocycles. The van der Waals surface area contributed by atoms with Gasteiger partial charge < -0.3 is 15.4 Å². The number of nitrogens with zero attached hydrogens (tertiary/aromatic N) is 1. The van der Waals surface area contributed by atoms with Crippen LogP contribution in [-0.2, 0) is 4.74 Å². The molecule has 1 atom stereocenters. The maximum Gasteiger partial charge on any atom is 0.166 e. The number of rotatable bonds is 6. The van der Waals surface area contributed by atoms with Gasteiger partial charge in [0, 0.05) is 31.3 Å². The molecule has 0 saturated carbocycles. The van der Waals surface area contributed by atoms with Gasteiger partial charge in [0.1, 0.15) is 11.6 Å². The van der Waals surface area contributed by atoms with Gasteiger partial charge in [-0.3, -0.25) is 4.90 Å². The molecule has 1 heterocycles. The van der Waals surface area contributed by atoms with Crippen LogP contribution in [0.4, 0.5) is 8.78 Å². The fourth-order valence-corrected chi connectivity index (χ4v) is 2.79. The number of thiocarbonyl (C=S) groups is 1. The monoisotopic (exact) mass is 343 g/mol. The minimum atomic E-state index is -0.581. The van der Waals surface area contributed by atoms with E-state index in [4.69, 9.17) is 17.0 Å². The largest absolute Gasteiger partial charge is 0.379 e. The third kappa shape index (κ3) is 6.01. The second kappa shape index (κ2) is 9.10. The lowest BCUT2D eigenvalue weighted by molar-refractivity contribution is 0.0376. The van der Waals surface area contributed by atoms with Crippen molar-refractivity contribution in [2.45, 2.75) is 19.4 Å². The van der Waals surface area contributed by atoms with Gasteiger partial charge in [0.15, 0.2) is 5.11 Å². The van der Waals surface area contributed by atoms with Crippen molar-refractivity contribution in [1.29, 1.82) is 0 Å². The van der Waals surface area contributed by atoms with Gasteiger partial charge in [0.2, 0.25) is 0 Å². The van der Waals surface area contributed by atoms with Crippen LogP contribution in [0.15, 0.2) is 18.2 Å². The second-order valence-electron chi connectivity index (χ2n) is 5.60. The van der Waals surface area contributed by atoms with Gasteiger partial charge >= 0.3 is 0 Å². The SMILES string of the molecule is C[C@H](NC(=S)NCCCN1CCOCC1)c1ccc(F)cc1F. The van der Waals surface area contributed by atoms with Crippen molar-refractivity contribution < 1.29 is 13.5 Å². The van der Waals surface area contributed by atoms with Gasteiger partial charge in [-0.25, -0.2) is 8.78 Å². The highest BCUT2D eigenvalue weighted by molar-refractivity contribution is 7.80. The first-order valence-corrected chi connectivity index (χ1v) is 8.26. The second-order valence-corrected chi connectivity index (χ2v) is 6.00. The maximum atomic E-state index is 13.7. The van der Waals surface area contributed by atoms with Gasteiger partial charge in [0.25, 0.3) is 0 Å². The molecule has 0 radical (unpaired) electrons. The van der Waals surface area contributed by atoms with Crippen molar-refractivity contribution in [3.05, 3.63) is 35.4 Å². The number of hydrogen-bond donors (Lipinski definition) is 2. The third-order valence-electron chi connectivity index (χ3n) is 3.82. The summed E-state index contributed by atoms with van der Waals surface area (Å²) in [5.74, 6) is -1.15. The highest BCUT2D eigenvalue weighted by Crippen LogP contribution is 2.17. The van der Waals surface area contributed by atoms with Crippen LogP contribution < -0.4 is 10.6 Å². The molecule has 4 nitrogen and oxygen atoms in total. The molecule has 1 aliphatic heterocycles. The Labute approximate surface area is 141 Å². The molecule has 1 saturated heterocycles. The van der Waals surface area contributed by atoms with E-state index < -0.39 is 11.6 Å². The van der Waals surface area contributed by atoms with Gasteiger partial charge in [-0.05, 0) is 38.2 Å². The minimum Gasteiger partial charge on any atom is -0.379 e. The Morgan fingerprint density at radius 2 is 2.09 bits per heavy atom. The Kier molecular flexibility index (Phi) is 7.14. The highest BCUT2D eigenvalue weighted by Gasteiger charge is 2.13. The maximum absolute atomic E-state index is 13.7. The topological polar surface area (TPSA) is 36.5 Å². The summed E-state index contributed by atoms with van der Waals surface area (Å²) in [6, 6.07) is 3.24. The molecule has 7 heteroatoms. The van der Waals surface area contributed by atoms with E-state index in [0.717, 1.165) is 51.9 Å². The van der Waals surface area contributed by atoms with Crippen molar-refractivity contribution >= 4 is 17.3 Å². The van der Waals surface area contributed by atoms with Crippen molar-refractivity contribution in [2.24, 2.45) is 0 Å². The molecular formula is C16H23F2N3OS. The Hall–Kier alpha value is -1.31. The first-order valence-electron chi connectivity index (χ1n) is 7.85. The van der Waals surface area contributed by atoms with Crippen LogP contribution in [0, 0.1) is 11.6 Å². The fourth-order valence-electron chi connectivity index (χ4n) is 2.51. The normalized spacial score (nSPS) is 16.8. The molecule has 2 N–H and O–H groups in total. The molecule has 2 rings (SSSR count). The molecule has 128 valence electrons. The molecule has 0 unspecified atom stereocenters. The number of nitrogens with one attached hydrogen (secondary N) is 2. The van der Waals surface area contributed by atoms with Crippen LogP contribution in [-0.4, -0.2) is 49.4 Å². The fraction of sp³-hybridized carbons (Fsp3) is 0.562. The summed E-state index contributed by atoms with van der Waals surface area (Å²) in [5.41, 5.74) is 0.392. The first kappa shape index (κ1) is 18.0. The molecular weight excluding hydrogens is 320 g/mol. The summed E-state index contributed by atoms with van der Waals surface area (Å²) in [4.78, 5) is 2.36. The number of ether oxygens (including phenoxy) is 1. The Bertz CT molecular complexity index is 524. The van der Waals surface area contributed by atoms with Gasteiger partial charge in [-0.15, -0.1) is 0 Å². The summed E-state index contributed by atoms with van der Waals surface area (Å²) >= 11 is 5.22.